The Kier molecular flexibility index (Phi) is 8.40. The number of nitrogens with one attached hydrogen (secondary N) is 1. The third-order valence-corrected chi connectivity index (χ3v) is 7.21. The Morgan fingerprint density at radius 3 is 2.48 bits per heavy atom. The van der Waals surface area contributed by atoms with E-state index in [1.165, 1.54) is 12.7 Å². The molecule has 0 aromatic heterocycles. The van der Waals surface area contributed by atoms with Gasteiger partial charge in [-0.1, -0.05) is 45.0 Å². The van der Waals surface area contributed by atoms with Crippen molar-refractivity contribution in [2.45, 2.75) is 46.5 Å². The van der Waals surface area contributed by atoms with Crippen LogP contribution < -0.4 is 5.32 Å². The van der Waals surface area contributed by atoms with Crippen LogP contribution in [-0.2, 0) is 30.3 Å². The Balaban J connectivity index is 2.06. The number of dihydropyridines is 1. The number of allylic oxidation sites excluding steroid dienone is 3. The summed E-state index contributed by atoms with van der Waals surface area (Å²) < 4.78 is 10.5. The third-order valence-electron chi connectivity index (χ3n) is 6.35. The van der Waals surface area contributed by atoms with E-state index in [0.29, 0.717) is 35.6 Å². The fraction of sp³-hybridized carbons (Fsp3) is 0.500. The molecule has 1 aromatic rings. The lowest BCUT2D eigenvalue weighted by molar-refractivity contribution is -0.151. The molecule has 1 aliphatic carbocycles. The van der Waals surface area contributed by atoms with Crippen molar-refractivity contribution in [2.24, 2.45) is 11.8 Å². The molecule has 3 rings (SSSR count). The molecule has 7 heteroatoms. The Hall–Kier alpha value is -2.54. The molecular weight excluding hydrogens is 438 g/mol. The number of Topliss-reactive ketones (excluding diaryl/α,β-unsaturated/α-hetero) is 1. The zero-order chi connectivity index (χ0) is 24.1. The summed E-state index contributed by atoms with van der Waals surface area (Å²) in [4.78, 5) is 39.4. The molecular formula is C26H33NO5S. The summed E-state index contributed by atoms with van der Waals surface area (Å²) in [6.45, 7) is 8.16. The van der Waals surface area contributed by atoms with E-state index >= 15 is 0 Å². The quantitative estimate of drug-likeness (QED) is 0.346. The smallest absolute Gasteiger partial charge is 0.336 e. The highest BCUT2D eigenvalue weighted by atomic mass is 32.2. The average Bonchev–Trinajstić information content (AvgIpc) is 2.80. The SMILES string of the molecule is CCSCCOC(=O)C1=C(C)NC2=C(C(=O)[C@@H](C(=O)OC)[C@H](C)C2)[C@H]1c1ccc(CC)cc1. The van der Waals surface area contributed by atoms with Crippen molar-refractivity contribution in [1.82, 2.24) is 5.32 Å². The number of aryl methyl sites for hydroxylation is 1. The molecule has 3 atom stereocenters. The van der Waals surface area contributed by atoms with Gasteiger partial charge in [-0.25, -0.2) is 4.79 Å². The van der Waals surface area contributed by atoms with Crippen LogP contribution in [0.3, 0.4) is 0 Å². The maximum absolute atomic E-state index is 13.7. The lowest BCUT2D eigenvalue weighted by Crippen LogP contribution is -2.43. The zero-order valence-corrected chi connectivity index (χ0v) is 20.8. The first-order valence-corrected chi connectivity index (χ1v) is 12.7. The normalized spacial score (nSPS) is 22.6. The fourth-order valence-electron chi connectivity index (χ4n) is 4.65. The minimum absolute atomic E-state index is 0.202. The van der Waals surface area contributed by atoms with Crippen LogP contribution in [0.4, 0.5) is 0 Å². The number of benzene rings is 1. The van der Waals surface area contributed by atoms with Crippen LogP contribution in [0.2, 0.25) is 0 Å². The highest BCUT2D eigenvalue weighted by Gasteiger charge is 2.47. The van der Waals surface area contributed by atoms with E-state index in [4.69, 9.17) is 9.47 Å². The van der Waals surface area contributed by atoms with E-state index in [9.17, 15) is 14.4 Å². The predicted molar refractivity (Wildman–Crippen MR) is 130 cm³/mol. The number of thioether (sulfide) groups is 1. The Morgan fingerprint density at radius 2 is 1.88 bits per heavy atom. The molecule has 2 aliphatic rings. The maximum atomic E-state index is 13.7. The van der Waals surface area contributed by atoms with Gasteiger partial charge in [0.1, 0.15) is 12.5 Å². The van der Waals surface area contributed by atoms with Crippen LogP contribution in [0, 0.1) is 11.8 Å². The van der Waals surface area contributed by atoms with Crippen LogP contribution in [0.25, 0.3) is 0 Å². The van der Waals surface area contributed by atoms with Crippen molar-refractivity contribution < 1.29 is 23.9 Å². The van der Waals surface area contributed by atoms with Gasteiger partial charge in [-0.15, -0.1) is 0 Å². The van der Waals surface area contributed by atoms with Gasteiger partial charge in [0.15, 0.2) is 5.78 Å². The van der Waals surface area contributed by atoms with Gasteiger partial charge in [-0.3, -0.25) is 9.59 Å². The lowest BCUT2D eigenvalue weighted by Gasteiger charge is -2.38. The van der Waals surface area contributed by atoms with E-state index in [0.717, 1.165) is 23.4 Å². The molecule has 1 N–H and O–H groups in total. The van der Waals surface area contributed by atoms with Crippen LogP contribution in [0.1, 0.15) is 51.2 Å². The molecule has 0 saturated heterocycles. The third kappa shape index (κ3) is 5.18. The van der Waals surface area contributed by atoms with Crippen molar-refractivity contribution in [2.75, 3.05) is 25.2 Å². The number of hydrogen-bond donors (Lipinski definition) is 1. The molecule has 1 aromatic carbocycles. The Labute approximate surface area is 200 Å². The number of carbonyl (C=O) groups excluding carboxylic acids is 3. The van der Waals surface area contributed by atoms with Crippen molar-refractivity contribution >= 4 is 29.5 Å². The van der Waals surface area contributed by atoms with Gasteiger partial charge in [0.05, 0.1) is 12.7 Å². The Bertz CT molecular complexity index is 979. The van der Waals surface area contributed by atoms with Gasteiger partial charge >= 0.3 is 11.9 Å². The molecule has 0 saturated carbocycles. The first-order chi connectivity index (χ1) is 15.8. The summed E-state index contributed by atoms with van der Waals surface area (Å²) in [6.07, 6.45) is 1.41. The number of rotatable bonds is 8. The number of hydrogen-bond acceptors (Lipinski definition) is 7. The van der Waals surface area contributed by atoms with Crippen molar-refractivity contribution in [1.29, 1.82) is 0 Å². The van der Waals surface area contributed by atoms with Gasteiger partial charge < -0.3 is 14.8 Å². The van der Waals surface area contributed by atoms with E-state index in [-0.39, 0.29) is 11.7 Å². The summed E-state index contributed by atoms with van der Waals surface area (Å²) >= 11 is 1.70. The molecule has 0 amide bonds. The van der Waals surface area contributed by atoms with Gasteiger partial charge in [0, 0.05) is 28.6 Å². The lowest BCUT2D eigenvalue weighted by atomic mass is 9.69. The van der Waals surface area contributed by atoms with Gasteiger partial charge in [-0.2, -0.15) is 11.8 Å². The van der Waals surface area contributed by atoms with Gasteiger partial charge in [0.25, 0.3) is 0 Å². The molecule has 33 heavy (non-hydrogen) atoms. The second-order valence-electron chi connectivity index (χ2n) is 8.46. The highest BCUT2D eigenvalue weighted by Crippen LogP contribution is 2.45. The van der Waals surface area contributed by atoms with E-state index in [1.54, 1.807) is 11.8 Å². The molecule has 1 heterocycles. The summed E-state index contributed by atoms with van der Waals surface area (Å²) in [7, 11) is 1.30. The van der Waals surface area contributed by atoms with E-state index < -0.39 is 23.8 Å². The Morgan fingerprint density at radius 1 is 1.18 bits per heavy atom. The number of esters is 2. The fourth-order valence-corrected chi connectivity index (χ4v) is 5.14. The van der Waals surface area contributed by atoms with Crippen LogP contribution >= 0.6 is 11.8 Å². The summed E-state index contributed by atoms with van der Waals surface area (Å²) in [5.41, 5.74) is 4.34. The minimum atomic E-state index is -0.885. The van der Waals surface area contributed by atoms with Crippen molar-refractivity contribution in [3.8, 4) is 0 Å². The monoisotopic (exact) mass is 471 g/mol. The number of carbonyl (C=O) groups is 3. The zero-order valence-electron chi connectivity index (χ0n) is 20.0. The average molecular weight is 472 g/mol. The molecule has 178 valence electrons. The van der Waals surface area contributed by atoms with Crippen LogP contribution in [-0.4, -0.2) is 42.9 Å². The molecule has 0 fully saturated rings. The molecule has 0 spiro atoms. The van der Waals surface area contributed by atoms with E-state index in [1.807, 2.05) is 38.1 Å². The number of ketones is 1. The summed E-state index contributed by atoms with van der Waals surface area (Å²) in [5.74, 6) is -1.27. The second-order valence-corrected chi connectivity index (χ2v) is 9.86. The van der Waals surface area contributed by atoms with Crippen molar-refractivity contribution in [3.63, 3.8) is 0 Å². The molecule has 0 bridgehead atoms. The number of methoxy groups -OCH3 is 1. The topological polar surface area (TPSA) is 81.7 Å². The molecule has 0 unspecified atom stereocenters. The predicted octanol–water partition coefficient (Wildman–Crippen LogP) is 4.16. The largest absolute Gasteiger partial charge is 0.468 e. The van der Waals surface area contributed by atoms with E-state index in [2.05, 4.69) is 19.2 Å². The standard InChI is InChI=1S/C26H33NO5S/c1-6-17-8-10-18(11-9-17)22-21(26(30)32-12-13-33-7-2)16(4)27-19-14-15(3)20(25(29)31-5)24(28)23(19)22/h8-11,15,20,22,27H,6-7,12-14H2,1-5H3/t15-,20+,22+/m1/s1. The molecule has 1 aliphatic heterocycles. The number of ether oxygens (including phenoxy) is 2. The van der Waals surface area contributed by atoms with Crippen LogP contribution in [0.5, 0.6) is 0 Å². The first kappa shape index (κ1) is 25.1. The second kappa shape index (κ2) is 11.1. The molecule has 6 nitrogen and oxygen atoms in total. The summed E-state index contributed by atoms with van der Waals surface area (Å²) in [6, 6.07) is 7.96. The highest BCUT2D eigenvalue weighted by molar-refractivity contribution is 7.99. The van der Waals surface area contributed by atoms with Gasteiger partial charge in [-0.05, 0) is 42.6 Å². The van der Waals surface area contributed by atoms with Crippen LogP contribution in [0.15, 0.2) is 46.8 Å². The minimum Gasteiger partial charge on any atom is -0.468 e. The maximum Gasteiger partial charge on any atom is 0.336 e. The first-order valence-electron chi connectivity index (χ1n) is 11.5. The van der Waals surface area contributed by atoms with Gasteiger partial charge in [0.2, 0.25) is 0 Å². The summed E-state index contributed by atoms with van der Waals surface area (Å²) in [5, 5.41) is 3.29. The molecule has 0 radical (unpaired) electrons. The van der Waals surface area contributed by atoms with Crippen molar-refractivity contribution in [3.05, 3.63) is 57.9 Å².